The average Bonchev–Trinajstić information content (AvgIpc) is 1.59. The van der Waals surface area contributed by atoms with Gasteiger partial charge in [-0.1, -0.05) is 20.4 Å². The first-order valence-electron chi connectivity index (χ1n) is 48.4. The van der Waals surface area contributed by atoms with Crippen molar-refractivity contribution in [1.29, 1.82) is 0 Å². The van der Waals surface area contributed by atoms with E-state index in [9.17, 15) is 112 Å². The summed E-state index contributed by atoms with van der Waals surface area (Å²) in [6.45, 7) is 10.3. The lowest BCUT2D eigenvalue weighted by molar-refractivity contribution is -0.148. The van der Waals surface area contributed by atoms with E-state index in [0.717, 1.165) is 201 Å². The number of halogens is 10. The van der Waals surface area contributed by atoms with Crippen molar-refractivity contribution < 1.29 is 164 Å². The molecule has 13 aliphatic rings. The highest BCUT2D eigenvalue weighted by molar-refractivity contribution is 5.92. The van der Waals surface area contributed by atoms with Crippen LogP contribution >= 0.6 is 0 Å². The molecule has 25 nitrogen and oxygen atoms in total. The van der Waals surface area contributed by atoms with Gasteiger partial charge in [0.05, 0.1) is 66.3 Å². The Balaban J connectivity index is 0.000000170. The van der Waals surface area contributed by atoms with Gasteiger partial charge in [-0.25, -0.2) is 72.7 Å². The summed E-state index contributed by atoms with van der Waals surface area (Å²) < 4.78 is 178. The van der Waals surface area contributed by atoms with Crippen molar-refractivity contribution in [1.82, 2.24) is 0 Å². The average molecular weight is 1990 g/mol. The van der Waals surface area contributed by atoms with Gasteiger partial charge in [0.1, 0.15) is 92.5 Å². The molecular weight excluding hydrogens is 1860 g/mol. The Morgan fingerprint density at radius 3 is 0.894 bits per heavy atom. The molecule has 5 aromatic carbocycles. The van der Waals surface area contributed by atoms with Crippen LogP contribution in [0.15, 0.2) is 104 Å². The molecule has 5 aromatic rings. The van der Waals surface area contributed by atoms with Gasteiger partial charge in [0.25, 0.3) is 0 Å². The van der Waals surface area contributed by atoms with E-state index >= 15 is 0 Å². The molecule has 18 rings (SSSR count). The van der Waals surface area contributed by atoms with E-state index in [1.54, 1.807) is 0 Å². The van der Waals surface area contributed by atoms with Gasteiger partial charge >= 0.3 is 65.7 Å². The molecular formula is C106H128F10O25. The molecule has 1 unspecified atom stereocenters. The fraction of sp³-hybridized carbons (Fsp3) is 0.585. The van der Waals surface area contributed by atoms with Crippen LogP contribution in [0.25, 0.3) is 0 Å². The number of carboxylic acid groups (broad SMARTS) is 3. The molecule has 0 aromatic heterocycles. The van der Waals surface area contributed by atoms with Crippen molar-refractivity contribution >= 4 is 71.9 Å². The van der Waals surface area contributed by atoms with Gasteiger partial charge in [-0.15, -0.1) is 0 Å². The zero-order valence-corrected chi connectivity index (χ0v) is 80.6. The fourth-order valence-corrected chi connectivity index (χ4v) is 23.6. The van der Waals surface area contributed by atoms with Crippen molar-refractivity contribution in [2.75, 3.05) is 27.9 Å². The van der Waals surface area contributed by atoms with Gasteiger partial charge in [0.15, 0.2) is 0 Å². The van der Waals surface area contributed by atoms with E-state index in [2.05, 4.69) is 27.7 Å². The molecule has 1 atom stereocenters. The van der Waals surface area contributed by atoms with E-state index < -0.39 is 145 Å². The van der Waals surface area contributed by atoms with E-state index in [1.807, 2.05) is 13.8 Å². The number of aliphatic carboxylic acids is 3. The lowest BCUT2D eigenvalue weighted by atomic mass is 9.80. The van der Waals surface area contributed by atoms with Crippen LogP contribution in [0.1, 0.15) is 342 Å². The third kappa shape index (κ3) is 29.8. The second-order valence-electron chi connectivity index (χ2n) is 40.7. The minimum atomic E-state index is -0.866. The molecule has 12 aliphatic carbocycles. The third-order valence-corrected chi connectivity index (χ3v) is 30.9. The predicted molar refractivity (Wildman–Crippen MR) is 488 cm³/mol. The summed E-state index contributed by atoms with van der Waals surface area (Å²) in [4.78, 5) is 137. The molecule has 141 heavy (non-hydrogen) atoms. The van der Waals surface area contributed by atoms with Gasteiger partial charge < -0.3 is 67.9 Å². The maximum absolute atomic E-state index is 13.3. The molecule has 1 saturated heterocycles. The Labute approximate surface area is 812 Å². The zero-order chi connectivity index (χ0) is 103. The van der Waals surface area contributed by atoms with Crippen molar-refractivity contribution in [3.05, 3.63) is 190 Å². The summed E-state index contributed by atoms with van der Waals surface area (Å²) in [5.41, 5.74) is -5.10. The number of carbonyl (C=O) groups is 12. The van der Waals surface area contributed by atoms with Crippen LogP contribution in [0.2, 0.25) is 0 Å². The van der Waals surface area contributed by atoms with Crippen LogP contribution in [0, 0.1) is 90.7 Å². The van der Waals surface area contributed by atoms with Gasteiger partial charge in [-0.3, -0.25) is 24.0 Å². The number of methoxy groups -OCH3 is 3. The zero-order valence-electron chi connectivity index (χ0n) is 80.6. The number of fused-ring (bicyclic) bond motifs is 12. The fourth-order valence-electron chi connectivity index (χ4n) is 23.6. The summed E-state index contributed by atoms with van der Waals surface area (Å²) in [6.07, 6.45) is 33.0. The second-order valence-corrected chi connectivity index (χ2v) is 40.7. The number of aliphatic hydroxyl groups is 1. The molecule has 772 valence electrons. The minimum absolute atomic E-state index is 0.00164. The van der Waals surface area contributed by atoms with E-state index in [1.165, 1.54) is 34.2 Å². The Hall–Kier alpha value is -11.1. The normalized spacial score (nSPS) is 29.1. The van der Waals surface area contributed by atoms with E-state index in [0.29, 0.717) is 158 Å². The number of benzene rings is 5. The molecule has 0 amide bonds. The number of esters is 8. The van der Waals surface area contributed by atoms with Gasteiger partial charge in [0.2, 0.25) is 0 Å². The Bertz CT molecular complexity index is 5210. The van der Waals surface area contributed by atoms with Crippen LogP contribution in [-0.2, 0) is 76.2 Å². The number of carbonyl (C=O) groups excluding carboxylic acids is 9. The summed E-state index contributed by atoms with van der Waals surface area (Å²) in [6, 6.07) is 13.1. The topological polar surface area (TPSA) is 369 Å². The highest BCUT2D eigenvalue weighted by Crippen LogP contribution is 2.65. The maximum atomic E-state index is 13.3. The van der Waals surface area contributed by atoms with Crippen molar-refractivity contribution in [2.24, 2.45) is 32.5 Å². The lowest BCUT2D eigenvalue weighted by Gasteiger charge is -2.27. The highest BCUT2D eigenvalue weighted by Gasteiger charge is 2.63. The molecule has 1 aliphatic heterocycles. The molecule has 4 N–H and O–H groups in total. The SMILES string of the molecule is C=CC(=O)OC.CC.CC1CCCO1.COC(=O)CCC12CCC(OC(=O)c3cc(F)cc(F)c3)(CC1)C2.COC(=O)CCCC12CCC(O)(CC1)C2.O=C(O)CCC12CCC(OC(=O)c3cc(F)cc(F)c3)(CC1)C2.O=C(O)CCCC12CCC(OC(=O)c3cc(F)cc(F)c3)(CC1)C2.O=C(OC12CCC(C(=O)O)(CC1)C2)c1cc(F)cc(F)c1.O=CC12CCC(OC(=O)c3cc(F)cc(F)c3)(CC1)C2. The maximum Gasteiger partial charge on any atom is 0.338 e. The number of ether oxygens (including phenoxy) is 9. The Kier molecular flexibility index (Phi) is 37.6. The largest absolute Gasteiger partial charge is 0.481 e. The smallest absolute Gasteiger partial charge is 0.338 e. The lowest BCUT2D eigenvalue weighted by Crippen LogP contribution is -2.30. The summed E-state index contributed by atoms with van der Waals surface area (Å²) >= 11 is 0. The molecule has 12 saturated carbocycles. The predicted octanol–water partition coefficient (Wildman–Crippen LogP) is 22.1. The van der Waals surface area contributed by atoms with Gasteiger partial charge in [-0.2, -0.15) is 0 Å². The monoisotopic (exact) mass is 1990 g/mol. The van der Waals surface area contributed by atoms with E-state index in [4.69, 9.17) is 38.6 Å². The Morgan fingerprint density at radius 2 is 0.645 bits per heavy atom. The molecule has 35 heteroatoms. The Morgan fingerprint density at radius 1 is 0.362 bits per heavy atom. The quantitative estimate of drug-likeness (QED) is 0.0125. The van der Waals surface area contributed by atoms with Gasteiger partial charge in [-0.05, 0) is 327 Å². The van der Waals surface area contributed by atoms with Crippen LogP contribution in [0.5, 0.6) is 0 Å². The first kappa shape index (κ1) is 112. The minimum Gasteiger partial charge on any atom is -0.481 e. The summed E-state index contributed by atoms with van der Waals surface area (Å²) in [7, 11) is 4.11. The van der Waals surface area contributed by atoms with Crippen molar-refractivity contribution in [3.8, 4) is 0 Å². The van der Waals surface area contributed by atoms with Gasteiger partial charge in [0, 0.05) is 80.5 Å². The van der Waals surface area contributed by atoms with Crippen LogP contribution < -0.4 is 0 Å². The first-order valence-corrected chi connectivity index (χ1v) is 48.4. The highest BCUT2D eigenvalue weighted by atomic mass is 19.2. The second kappa shape index (κ2) is 47.4. The molecule has 12 bridgehead atoms. The van der Waals surface area contributed by atoms with E-state index in [-0.39, 0.29) is 86.3 Å². The summed E-state index contributed by atoms with van der Waals surface area (Å²) in [5.74, 6) is -15.1. The number of hydrogen-bond acceptors (Lipinski definition) is 22. The van der Waals surface area contributed by atoms with Crippen LogP contribution in [0.3, 0.4) is 0 Å². The van der Waals surface area contributed by atoms with Crippen molar-refractivity contribution in [3.63, 3.8) is 0 Å². The number of carboxylic acids is 3. The number of rotatable bonds is 27. The van der Waals surface area contributed by atoms with Crippen molar-refractivity contribution in [2.45, 2.75) is 330 Å². The summed E-state index contributed by atoms with van der Waals surface area (Å²) in [5, 5.41) is 37.0. The first-order chi connectivity index (χ1) is 66.6. The number of aldehydes is 1. The third-order valence-electron chi connectivity index (χ3n) is 30.9. The molecule has 0 spiro atoms. The standard InChI is InChI=1S/2C18H20F2O4.C17H18F2O4.C15H14F2O4.C15H14F2O3.C12H20O3.C5H10O.C4H6O2.C2H6/c1-23-15(21)2-3-17-4-6-18(11-17,7-5-17)24-16(22)12-8-13(19)10-14(20)9-12;19-13-8-12(9-14(20)10-13)16(23)24-18-6-4-17(11-18,5-7-18)3-1-2-15(21)22;18-12-7-11(8-13(19)9-12)15(22)23-17-5-3-16(10-17,4-6-17)2-1-14(20)21;16-10-5-9(6-11(17)7-10)12(18)21-15-3-1-14(8-15,2-4-15)13(19)20;16-11-5-10(6-12(17)7-11)13(19)20-15-3-1-14(8-15,9-18)2-4-15;1-15-10(13)3-2-4-11-5-7-12(14,9-11)8-6-11;1-5-3-2-4-6-5;1-3-4(5)6-2;1-2/h8-10H,2-7,11H2,1H3;8-10H,1-7,11H2,(H,21,22);7-9H,1-6,10H2,(H,20,21);5-7H,1-4,8H2,(H,19,20);5-7,9H,1-4,8H2;14H,2-9H2,1H3;5H,2-4H2,1H3;3H,1H2,2H3;1-2H3. The number of hydrogen-bond donors (Lipinski definition) is 4. The molecule has 13 fully saturated rings. The molecule has 1 heterocycles. The molecule has 0 radical (unpaired) electrons. The van der Waals surface area contributed by atoms with Crippen LogP contribution in [-0.4, -0.2) is 160 Å². The van der Waals surface area contributed by atoms with Crippen LogP contribution in [0.4, 0.5) is 43.9 Å².